The average Bonchev–Trinajstić information content (AvgIpc) is 3.09. The number of hydrogen-bond donors (Lipinski definition) is 2. The summed E-state index contributed by atoms with van der Waals surface area (Å²) >= 11 is 1.62. The number of aliphatic imine (C=N–C) groups is 1. The second-order valence-corrected chi connectivity index (χ2v) is 5.54. The Bertz CT molecular complexity index is 669. The maximum Gasteiger partial charge on any atom is 0.387 e. The van der Waals surface area contributed by atoms with Crippen LogP contribution in [0.25, 0.3) is 0 Å². The molecule has 0 saturated heterocycles. The van der Waals surface area contributed by atoms with Crippen LogP contribution in [0.15, 0.2) is 40.0 Å². The first kappa shape index (κ1) is 21.4. The van der Waals surface area contributed by atoms with Gasteiger partial charge in [-0.05, 0) is 34.5 Å². The van der Waals surface area contributed by atoms with Gasteiger partial charge >= 0.3 is 6.61 Å². The van der Waals surface area contributed by atoms with Gasteiger partial charge in [0.15, 0.2) is 5.96 Å². The Hall–Kier alpha value is -1.62. The van der Waals surface area contributed by atoms with Gasteiger partial charge in [-0.2, -0.15) is 20.1 Å². The van der Waals surface area contributed by atoms with E-state index in [-0.39, 0.29) is 36.3 Å². The molecule has 2 rings (SSSR count). The third-order valence-electron chi connectivity index (χ3n) is 3.20. The number of nitrogens with zero attached hydrogens (tertiary/aromatic N) is 1. The van der Waals surface area contributed by atoms with Crippen molar-refractivity contribution in [1.29, 1.82) is 0 Å². The summed E-state index contributed by atoms with van der Waals surface area (Å²) in [5.74, 6) is 1.10. The molecule has 1 aromatic heterocycles. The SMILES string of the molecule is CN=C(NCc1ccsc1)NCc1ccc(OC)cc1OC(F)F.I. The minimum atomic E-state index is -2.90. The summed E-state index contributed by atoms with van der Waals surface area (Å²) in [5.41, 5.74) is 1.73. The van der Waals surface area contributed by atoms with Gasteiger partial charge in [-0.15, -0.1) is 24.0 Å². The Morgan fingerprint density at radius 2 is 2.00 bits per heavy atom. The number of guanidine groups is 1. The highest BCUT2D eigenvalue weighted by atomic mass is 127. The molecule has 2 aromatic rings. The van der Waals surface area contributed by atoms with Gasteiger partial charge in [-0.3, -0.25) is 4.99 Å². The van der Waals surface area contributed by atoms with Crippen molar-refractivity contribution in [2.24, 2.45) is 4.99 Å². The van der Waals surface area contributed by atoms with Gasteiger partial charge in [0.2, 0.25) is 0 Å². The number of benzene rings is 1. The molecular weight excluding hydrogens is 463 g/mol. The van der Waals surface area contributed by atoms with Crippen molar-refractivity contribution < 1.29 is 18.3 Å². The minimum absolute atomic E-state index is 0. The molecule has 1 aromatic carbocycles. The van der Waals surface area contributed by atoms with Gasteiger partial charge in [0.05, 0.1) is 7.11 Å². The number of nitrogens with one attached hydrogen (secondary N) is 2. The van der Waals surface area contributed by atoms with E-state index in [4.69, 9.17) is 4.74 Å². The lowest BCUT2D eigenvalue weighted by atomic mass is 10.2. The highest BCUT2D eigenvalue weighted by molar-refractivity contribution is 14.0. The standard InChI is InChI=1S/C16H19F2N3O2S.HI/c1-19-16(20-8-11-5-6-24-10-11)21-9-12-3-4-13(22-2)7-14(12)23-15(17)18;/h3-7,10,15H,8-9H2,1-2H3,(H2,19,20,21);1H. The van der Waals surface area contributed by atoms with Crippen LogP contribution in [0.2, 0.25) is 0 Å². The van der Waals surface area contributed by atoms with Gasteiger partial charge in [-0.1, -0.05) is 0 Å². The predicted molar refractivity (Wildman–Crippen MR) is 106 cm³/mol. The highest BCUT2D eigenvalue weighted by Gasteiger charge is 2.11. The number of ether oxygens (including phenoxy) is 2. The molecule has 2 N–H and O–H groups in total. The Labute approximate surface area is 166 Å². The molecule has 0 atom stereocenters. The number of halogens is 3. The van der Waals surface area contributed by atoms with Crippen molar-refractivity contribution in [3.63, 3.8) is 0 Å². The van der Waals surface area contributed by atoms with E-state index in [1.807, 2.05) is 16.8 Å². The molecule has 0 fully saturated rings. The minimum Gasteiger partial charge on any atom is -0.497 e. The average molecular weight is 483 g/mol. The van der Waals surface area contributed by atoms with Gasteiger partial charge in [0.25, 0.3) is 0 Å². The van der Waals surface area contributed by atoms with Gasteiger partial charge in [-0.25, -0.2) is 0 Å². The normalized spacial score (nSPS) is 11.0. The quantitative estimate of drug-likeness (QED) is 0.357. The zero-order valence-corrected chi connectivity index (χ0v) is 16.9. The molecule has 0 aliphatic rings. The molecule has 0 unspecified atom stereocenters. The van der Waals surface area contributed by atoms with E-state index >= 15 is 0 Å². The summed E-state index contributed by atoms with van der Waals surface area (Å²) < 4.78 is 34.7. The second kappa shape index (κ2) is 11.1. The topological polar surface area (TPSA) is 54.9 Å². The Balaban J connectivity index is 0.00000312. The first-order valence-corrected chi connectivity index (χ1v) is 8.14. The molecule has 0 spiro atoms. The molecule has 0 bridgehead atoms. The highest BCUT2D eigenvalue weighted by Crippen LogP contribution is 2.26. The van der Waals surface area contributed by atoms with Crippen LogP contribution >= 0.6 is 35.3 Å². The summed E-state index contributed by atoms with van der Waals surface area (Å²) in [7, 11) is 3.11. The van der Waals surface area contributed by atoms with E-state index in [0.717, 1.165) is 5.56 Å². The van der Waals surface area contributed by atoms with Crippen molar-refractivity contribution in [3.05, 3.63) is 46.2 Å². The zero-order valence-electron chi connectivity index (χ0n) is 13.8. The number of thiophene rings is 1. The molecule has 0 aliphatic carbocycles. The summed E-state index contributed by atoms with van der Waals surface area (Å²) in [6, 6.07) is 6.82. The van der Waals surface area contributed by atoms with E-state index in [0.29, 0.717) is 23.8 Å². The van der Waals surface area contributed by atoms with Crippen LogP contribution in [-0.4, -0.2) is 26.7 Å². The summed E-state index contributed by atoms with van der Waals surface area (Å²) in [4.78, 5) is 4.11. The van der Waals surface area contributed by atoms with Crippen molar-refractivity contribution in [2.75, 3.05) is 14.2 Å². The Morgan fingerprint density at radius 3 is 2.60 bits per heavy atom. The van der Waals surface area contributed by atoms with E-state index in [1.165, 1.54) is 13.2 Å². The van der Waals surface area contributed by atoms with Crippen LogP contribution in [0.4, 0.5) is 8.78 Å². The fourth-order valence-electron chi connectivity index (χ4n) is 1.99. The van der Waals surface area contributed by atoms with Crippen LogP contribution in [0.1, 0.15) is 11.1 Å². The Morgan fingerprint density at radius 1 is 1.24 bits per heavy atom. The predicted octanol–water partition coefficient (Wildman–Crippen LogP) is 3.84. The van der Waals surface area contributed by atoms with Gasteiger partial charge in [0, 0.05) is 31.8 Å². The molecule has 0 amide bonds. The van der Waals surface area contributed by atoms with Crippen LogP contribution < -0.4 is 20.1 Å². The van der Waals surface area contributed by atoms with Crippen molar-refractivity contribution in [3.8, 4) is 11.5 Å². The van der Waals surface area contributed by atoms with Gasteiger partial charge in [0.1, 0.15) is 11.5 Å². The van der Waals surface area contributed by atoms with E-state index in [2.05, 4.69) is 20.4 Å². The molecule has 138 valence electrons. The lowest BCUT2D eigenvalue weighted by Crippen LogP contribution is -2.36. The molecular formula is C16H20F2IN3O2S. The van der Waals surface area contributed by atoms with E-state index in [1.54, 1.807) is 30.5 Å². The fourth-order valence-corrected chi connectivity index (χ4v) is 2.66. The monoisotopic (exact) mass is 483 g/mol. The third kappa shape index (κ3) is 7.02. The van der Waals surface area contributed by atoms with Crippen molar-refractivity contribution in [2.45, 2.75) is 19.7 Å². The number of methoxy groups -OCH3 is 1. The summed E-state index contributed by atoms with van der Waals surface area (Å²) in [5, 5.41) is 10.3. The zero-order chi connectivity index (χ0) is 17.4. The summed E-state index contributed by atoms with van der Waals surface area (Å²) in [6.07, 6.45) is 0. The third-order valence-corrected chi connectivity index (χ3v) is 3.93. The lowest BCUT2D eigenvalue weighted by molar-refractivity contribution is -0.0505. The van der Waals surface area contributed by atoms with E-state index in [9.17, 15) is 8.78 Å². The Kier molecular flexibility index (Phi) is 9.50. The first-order chi connectivity index (χ1) is 11.6. The smallest absolute Gasteiger partial charge is 0.387 e. The first-order valence-electron chi connectivity index (χ1n) is 7.19. The number of alkyl halides is 2. The largest absolute Gasteiger partial charge is 0.497 e. The molecule has 9 heteroatoms. The van der Waals surface area contributed by atoms with E-state index < -0.39 is 6.61 Å². The second-order valence-electron chi connectivity index (χ2n) is 4.76. The maximum absolute atomic E-state index is 12.6. The van der Waals surface area contributed by atoms with Crippen molar-refractivity contribution >= 4 is 41.3 Å². The van der Waals surface area contributed by atoms with Crippen LogP contribution in [0.5, 0.6) is 11.5 Å². The number of hydrogen-bond acceptors (Lipinski definition) is 4. The maximum atomic E-state index is 12.6. The molecule has 0 aliphatic heterocycles. The molecule has 0 saturated carbocycles. The fraction of sp³-hybridized carbons (Fsp3) is 0.312. The molecule has 0 radical (unpaired) electrons. The molecule has 5 nitrogen and oxygen atoms in total. The number of rotatable bonds is 7. The van der Waals surface area contributed by atoms with Crippen LogP contribution in [0, 0.1) is 0 Å². The molecule has 25 heavy (non-hydrogen) atoms. The summed E-state index contributed by atoms with van der Waals surface area (Å²) in [6.45, 7) is -1.98. The van der Waals surface area contributed by atoms with Crippen molar-refractivity contribution in [1.82, 2.24) is 10.6 Å². The van der Waals surface area contributed by atoms with Gasteiger partial charge < -0.3 is 20.1 Å². The molecule has 1 heterocycles. The van der Waals surface area contributed by atoms with Crippen LogP contribution in [-0.2, 0) is 13.1 Å². The lowest BCUT2D eigenvalue weighted by Gasteiger charge is -2.15. The van der Waals surface area contributed by atoms with Crippen LogP contribution in [0.3, 0.4) is 0 Å².